The van der Waals surface area contributed by atoms with Crippen LogP contribution in [0.25, 0.3) is 11.1 Å². The highest BCUT2D eigenvalue weighted by atomic mass is 16.6. The minimum absolute atomic E-state index is 0.00463. The van der Waals surface area contributed by atoms with Gasteiger partial charge in [-0.2, -0.15) is 0 Å². The van der Waals surface area contributed by atoms with E-state index in [1.165, 1.54) is 29.2 Å². The van der Waals surface area contributed by atoms with E-state index >= 15 is 0 Å². The molecule has 8 nitrogen and oxygen atoms in total. The summed E-state index contributed by atoms with van der Waals surface area (Å²) in [5.74, 6) is 0.261. The maximum absolute atomic E-state index is 12.9. The highest BCUT2D eigenvalue weighted by Gasteiger charge is 2.33. The van der Waals surface area contributed by atoms with Crippen LogP contribution in [0.15, 0.2) is 60.7 Å². The number of carbonyl (C=O) groups excluding carboxylic acids is 3. The van der Waals surface area contributed by atoms with Crippen LogP contribution < -0.4 is 10.1 Å². The van der Waals surface area contributed by atoms with E-state index in [0.29, 0.717) is 18.9 Å². The van der Waals surface area contributed by atoms with E-state index in [1.807, 2.05) is 50.2 Å². The van der Waals surface area contributed by atoms with E-state index in [4.69, 9.17) is 14.2 Å². The van der Waals surface area contributed by atoms with Gasteiger partial charge in [0.15, 0.2) is 5.60 Å². The van der Waals surface area contributed by atoms with Gasteiger partial charge in [0.05, 0.1) is 6.61 Å². The first kappa shape index (κ1) is 32.2. The van der Waals surface area contributed by atoms with E-state index < -0.39 is 11.6 Å². The number of amides is 2. The van der Waals surface area contributed by atoms with E-state index in [2.05, 4.69) is 29.6 Å². The maximum Gasteiger partial charge on any atom is 0.409 e. The molecule has 3 aromatic rings. The van der Waals surface area contributed by atoms with Crippen molar-refractivity contribution >= 4 is 18.0 Å². The van der Waals surface area contributed by atoms with Gasteiger partial charge in [-0.3, -0.25) is 4.79 Å². The zero-order valence-electron chi connectivity index (χ0n) is 25.9. The zero-order chi connectivity index (χ0) is 31.0. The Labute approximate surface area is 249 Å². The van der Waals surface area contributed by atoms with E-state index in [1.54, 1.807) is 39.8 Å². The molecular weight excluding hydrogens is 532 g/mol. The summed E-state index contributed by atoms with van der Waals surface area (Å²) in [5.41, 5.74) is 6.39. The number of benzene rings is 3. The zero-order valence-corrected chi connectivity index (χ0v) is 25.9. The van der Waals surface area contributed by atoms with Crippen molar-refractivity contribution in [3.63, 3.8) is 0 Å². The quantitative estimate of drug-likeness (QED) is 0.324. The molecule has 224 valence electrons. The SMILES string of the molecule is CCOC(=O)C(C)(C)Oc1c(C)cc(CN(C)C(=O)OCC2c3ccccc3-c3ccccc32)cc1C.CNC(C)=O. The molecule has 1 aliphatic rings. The van der Waals surface area contributed by atoms with Crippen LogP contribution in [-0.4, -0.2) is 55.8 Å². The number of nitrogens with one attached hydrogen (secondary N) is 1. The topological polar surface area (TPSA) is 94.2 Å². The van der Waals surface area contributed by atoms with Crippen molar-refractivity contribution in [1.29, 1.82) is 0 Å². The Balaban J connectivity index is 0.000000892. The Morgan fingerprint density at radius 2 is 1.40 bits per heavy atom. The maximum atomic E-state index is 12.9. The first-order valence-corrected chi connectivity index (χ1v) is 14.1. The summed E-state index contributed by atoms with van der Waals surface area (Å²) in [7, 11) is 3.33. The van der Waals surface area contributed by atoms with Crippen LogP contribution in [0.3, 0.4) is 0 Å². The Kier molecular flexibility index (Phi) is 10.8. The Morgan fingerprint density at radius 1 is 0.905 bits per heavy atom. The van der Waals surface area contributed by atoms with Crippen LogP contribution >= 0.6 is 0 Å². The number of carbonyl (C=O) groups is 3. The molecule has 0 saturated carbocycles. The number of fused-ring (bicyclic) bond motifs is 3. The molecule has 4 rings (SSSR count). The lowest BCUT2D eigenvalue weighted by Gasteiger charge is -2.27. The first-order valence-electron chi connectivity index (χ1n) is 14.1. The summed E-state index contributed by atoms with van der Waals surface area (Å²) in [5, 5.41) is 2.39. The number of esters is 1. The third-order valence-corrected chi connectivity index (χ3v) is 7.06. The second-order valence-electron chi connectivity index (χ2n) is 10.9. The largest absolute Gasteiger partial charge is 0.476 e. The molecule has 42 heavy (non-hydrogen) atoms. The minimum atomic E-state index is -1.11. The number of ether oxygens (including phenoxy) is 3. The van der Waals surface area contributed by atoms with Crippen molar-refractivity contribution in [3.8, 4) is 16.9 Å². The van der Waals surface area contributed by atoms with Crippen LogP contribution in [0.5, 0.6) is 5.75 Å². The van der Waals surface area contributed by atoms with E-state index in [9.17, 15) is 14.4 Å². The second kappa shape index (κ2) is 14.0. The lowest BCUT2D eigenvalue weighted by atomic mass is 9.98. The molecule has 0 saturated heterocycles. The third kappa shape index (κ3) is 7.69. The fourth-order valence-electron chi connectivity index (χ4n) is 4.94. The van der Waals surface area contributed by atoms with Gasteiger partial charge in [0.2, 0.25) is 5.91 Å². The molecular formula is C34H42N2O6. The summed E-state index contributed by atoms with van der Waals surface area (Å²) in [6.45, 7) is 11.5. The molecule has 2 amide bonds. The van der Waals surface area contributed by atoms with Crippen LogP contribution in [0.2, 0.25) is 0 Å². The summed E-state index contributed by atoms with van der Waals surface area (Å²) in [6.07, 6.45) is -0.374. The molecule has 0 heterocycles. The highest BCUT2D eigenvalue weighted by Crippen LogP contribution is 2.44. The minimum Gasteiger partial charge on any atom is -0.476 e. The molecule has 3 aromatic carbocycles. The van der Waals surface area contributed by atoms with Gasteiger partial charge >= 0.3 is 12.1 Å². The summed E-state index contributed by atoms with van der Waals surface area (Å²) < 4.78 is 17.0. The lowest BCUT2D eigenvalue weighted by molar-refractivity contribution is -0.158. The van der Waals surface area contributed by atoms with Gasteiger partial charge in [-0.1, -0.05) is 60.7 Å². The molecule has 0 fully saturated rings. The average molecular weight is 575 g/mol. The molecule has 8 heteroatoms. The molecule has 0 aliphatic heterocycles. The van der Waals surface area contributed by atoms with Gasteiger partial charge < -0.3 is 24.4 Å². The number of rotatable bonds is 8. The fraction of sp³-hybridized carbons (Fsp3) is 0.382. The normalized spacial score (nSPS) is 11.8. The molecule has 0 unspecified atom stereocenters. The lowest BCUT2D eigenvalue weighted by Crippen LogP contribution is -2.40. The highest BCUT2D eigenvalue weighted by molar-refractivity contribution is 5.80. The van der Waals surface area contributed by atoms with Gasteiger partial charge in [0.1, 0.15) is 12.4 Å². The van der Waals surface area contributed by atoms with Crippen molar-refractivity contribution in [2.24, 2.45) is 0 Å². The van der Waals surface area contributed by atoms with Gasteiger partial charge in [-0.05, 0) is 73.6 Å². The molecule has 1 N–H and O–H groups in total. The Morgan fingerprint density at radius 3 is 1.88 bits per heavy atom. The number of hydrogen-bond acceptors (Lipinski definition) is 6. The number of hydrogen-bond donors (Lipinski definition) is 1. The van der Waals surface area contributed by atoms with Gasteiger partial charge in [0.25, 0.3) is 0 Å². The molecule has 0 radical (unpaired) electrons. The van der Waals surface area contributed by atoms with E-state index in [0.717, 1.165) is 16.7 Å². The third-order valence-electron chi connectivity index (χ3n) is 7.06. The smallest absolute Gasteiger partial charge is 0.409 e. The van der Waals surface area contributed by atoms with Crippen molar-refractivity contribution in [3.05, 3.63) is 88.5 Å². The van der Waals surface area contributed by atoms with Crippen molar-refractivity contribution in [2.45, 2.75) is 59.6 Å². The van der Waals surface area contributed by atoms with Crippen LogP contribution in [-0.2, 0) is 25.6 Å². The summed E-state index contributed by atoms with van der Waals surface area (Å²) in [4.78, 5) is 36.5. The molecule has 0 aromatic heterocycles. The van der Waals surface area contributed by atoms with Crippen molar-refractivity contribution < 1.29 is 28.6 Å². The second-order valence-corrected chi connectivity index (χ2v) is 10.9. The molecule has 0 spiro atoms. The van der Waals surface area contributed by atoms with Crippen LogP contribution in [0, 0.1) is 13.8 Å². The Hall–Kier alpha value is -4.33. The first-order chi connectivity index (χ1) is 19.9. The molecule has 0 bridgehead atoms. The fourth-order valence-corrected chi connectivity index (χ4v) is 4.94. The molecule has 0 atom stereocenters. The average Bonchev–Trinajstić information content (AvgIpc) is 3.27. The van der Waals surface area contributed by atoms with Crippen molar-refractivity contribution in [2.75, 3.05) is 27.3 Å². The van der Waals surface area contributed by atoms with E-state index in [-0.39, 0.29) is 24.5 Å². The van der Waals surface area contributed by atoms with Crippen molar-refractivity contribution in [1.82, 2.24) is 10.2 Å². The standard InChI is InChI=1S/C31H35NO5.C3H7NO/c1-7-35-29(33)31(4,5)37-28-20(2)16-22(17-21(28)3)18-32(6)30(34)36-19-27-25-14-10-8-12-23(25)24-13-9-11-15-26(24)27;1-3(5)4-2/h8-17,27H,7,18-19H2,1-6H3;1-2H3,(H,4,5). The van der Waals surface area contributed by atoms with Gasteiger partial charge in [-0.15, -0.1) is 0 Å². The monoisotopic (exact) mass is 574 g/mol. The predicted octanol–water partition coefficient (Wildman–Crippen LogP) is 6.16. The number of nitrogens with zero attached hydrogens (tertiary/aromatic N) is 1. The molecule has 1 aliphatic carbocycles. The Bertz CT molecular complexity index is 1360. The summed E-state index contributed by atoms with van der Waals surface area (Å²) >= 11 is 0. The van der Waals surface area contributed by atoms with Crippen LogP contribution in [0.1, 0.15) is 61.4 Å². The number of aryl methyl sites for hydroxylation is 2. The van der Waals surface area contributed by atoms with Gasteiger partial charge in [-0.25, -0.2) is 9.59 Å². The predicted molar refractivity (Wildman–Crippen MR) is 164 cm³/mol. The summed E-state index contributed by atoms with van der Waals surface area (Å²) in [6, 6.07) is 20.5. The van der Waals surface area contributed by atoms with Gasteiger partial charge in [0, 0.05) is 33.5 Å². The van der Waals surface area contributed by atoms with Crippen LogP contribution in [0.4, 0.5) is 4.79 Å².